The van der Waals surface area contributed by atoms with Crippen molar-refractivity contribution in [2.24, 2.45) is 0 Å². The number of morpholine rings is 1. The normalized spacial score (nSPS) is 19.1. The molecule has 5 aromatic rings. The monoisotopic (exact) mass is 745 g/mol. The van der Waals surface area contributed by atoms with Crippen molar-refractivity contribution in [2.45, 2.75) is 54.4 Å². The number of halogens is 2. The van der Waals surface area contributed by atoms with Crippen molar-refractivity contribution in [3.63, 3.8) is 0 Å². The van der Waals surface area contributed by atoms with Gasteiger partial charge in [-0.15, -0.1) is 0 Å². The van der Waals surface area contributed by atoms with Crippen LogP contribution in [0, 0.1) is 0 Å². The van der Waals surface area contributed by atoms with Gasteiger partial charge in [-0.25, -0.2) is 0 Å². The highest BCUT2D eigenvalue weighted by molar-refractivity contribution is 7.99. The number of unbranched alkanes of at least 4 members (excludes halogenated alkanes) is 2. The predicted octanol–water partition coefficient (Wildman–Crippen LogP) is 11.0. The Labute approximate surface area is 320 Å². The fraction of sp³-hybridized carbons (Fsp3) is 0.348. The number of benzene rings is 5. The molecule has 1 saturated heterocycles. The fourth-order valence-corrected chi connectivity index (χ4v) is 10.1. The minimum absolute atomic E-state index is 0.357. The first-order valence-corrected chi connectivity index (χ1v) is 20.2. The number of hydrogen-bond acceptors (Lipinski definition) is 6. The summed E-state index contributed by atoms with van der Waals surface area (Å²) in [4.78, 5) is 3.46. The quantitative estimate of drug-likeness (QED) is 0.118. The van der Waals surface area contributed by atoms with Crippen LogP contribution >= 0.6 is 11.8 Å². The summed E-state index contributed by atoms with van der Waals surface area (Å²) < 4.78 is 52.6. The molecule has 9 rings (SSSR count). The predicted molar refractivity (Wildman–Crippen MR) is 214 cm³/mol. The molecule has 0 radical (unpaired) electrons. The number of anilines is 1. The van der Waals surface area contributed by atoms with Crippen molar-refractivity contribution >= 4 is 34.3 Å². The third-order valence-corrected chi connectivity index (χ3v) is 12.8. The summed E-state index contributed by atoms with van der Waals surface area (Å²) in [6.45, 7) is 2.44. The van der Waals surface area contributed by atoms with E-state index in [0.717, 1.165) is 107 Å². The Hall–Kier alpha value is -4.53. The Morgan fingerprint density at radius 1 is 0.815 bits per heavy atom. The van der Waals surface area contributed by atoms with Gasteiger partial charge in [-0.3, -0.25) is 8.78 Å². The topological polar surface area (TPSA) is 40.2 Å². The fourth-order valence-electron chi connectivity index (χ4n) is 9.30. The second-order valence-electron chi connectivity index (χ2n) is 14.7. The molecule has 8 heteroatoms. The lowest BCUT2D eigenvalue weighted by molar-refractivity contribution is 0.122. The molecule has 0 aromatic heterocycles. The van der Waals surface area contributed by atoms with Crippen LogP contribution in [0.15, 0.2) is 95.9 Å². The van der Waals surface area contributed by atoms with Crippen LogP contribution in [0.25, 0.3) is 28.0 Å². The lowest BCUT2D eigenvalue weighted by Gasteiger charge is -2.40. The highest BCUT2D eigenvalue weighted by atomic mass is 32.2. The number of nitrogens with zero attached hydrogens (tertiary/aromatic N) is 1. The van der Waals surface area contributed by atoms with E-state index < -0.39 is 11.0 Å². The second kappa shape index (κ2) is 14.6. The zero-order valence-electron chi connectivity index (χ0n) is 30.7. The van der Waals surface area contributed by atoms with E-state index in [1.54, 1.807) is 18.9 Å². The van der Waals surface area contributed by atoms with Gasteiger partial charge in [-0.05, 0) is 109 Å². The lowest BCUT2D eigenvalue weighted by Crippen LogP contribution is -2.37. The molecule has 3 heterocycles. The molecule has 0 bridgehead atoms. The molecule has 0 saturated carbocycles. The minimum atomic E-state index is -0.955. The molecule has 5 aromatic carbocycles. The van der Waals surface area contributed by atoms with E-state index in [2.05, 4.69) is 89.8 Å². The Balaban J connectivity index is 1.30. The highest BCUT2D eigenvalue weighted by Gasteiger charge is 2.48. The molecule has 3 aliphatic heterocycles. The molecule has 278 valence electrons. The Morgan fingerprint density at radius 2 is 1.52 bits per heavy atom. The molecule has 1 aliphatic carbocycles. The molecule has 5 nitrogen and oxygen atoms in total. The first-order valence-electron chi connectivity index (χ1n) is 19.2. The van der Waals surface area contributed by atoms with Crippen LogP contribution in [-0.2, 0) is 15.8 Å². The summed E-state index contributed by atoms with van der Waals surface area (Å²) in [6.07, 6.45) is 8.47. The van der Waals surface area contributed by atoms with E-state index in [0.29, 0.717) is 18.8 Å². The van der Waals surface area contributed by atoms with E-state index in [-0.39, 0.29) is 13.3 Å². The maximum absolute atomic E-state index is 13.8. The first kappa shape index (κ1) is 35.2. The van der Waals surface area contributed by atoms with Crippen molar-refractivity contribution in [1.82, 2.24) is 0 Å². The molecular formula is C46H45F2NO4S. The Morgan fingerprint density at radius 3 is 2.22 bits per heavy atom. The summed E-state index contributed by atoms with van der Waals surface area (Å²) in [5.41, 5.74) is 7.63. The third-order valence-electron chi connectivity index (χ3n) is 11.9. The van der Waals surface area contributed by atoms with Gasteiger partial charge in [0.1, 0.15) is 23.2 Å². The van der Waals surface area contributed by atoms with Crippen LogP contribution in [0.1, 0.15) is 66.3 Å². The number of methoxy groups -OCH3 is 1. The molecule has 0 spiro atoms. The molecule has 4 aliphatic rings. The molecule has 1 atom stereocenters. The number of rotatable bonds is 12. The number of ether oxygens (including phenoxy) is 4. The Kier molecular flexibility index (Phi) is 9.52. The van der Waals surface area contributed by atoms with Gasteiger partial charge in [0.15, 0.2) is 5.60 Å². The summed E-state index contributed by atoms with van der Waals surface area (Å²) in [5, 5.41) is 2.11. The largest absolute Gasteiger partial charge is 0.497 e. The third kappa shape index (κ3) is 5.75. The second-order valence-corrected chi connectivity index (χ2v) is 15.7. The van der Waals surface area contributed by atoms with Crippen molar-refractivity contribution < 1.29 is 27.7 Å². The van der Waals surface area contributed by atoms with E-state index in [1.165, 1.54) is 22.3 Å². The Bertz CT molecular complexity index is 2190. The van der Waals surface area contributed by atoms with Gasteiger partial charge in [0, 0.05) is 46.3 Å². The van der Waals surface area contributed by atoms with Crippen LogP contribution in [0.5, 0.6) is 17.2 Å². The number of hydrogen-bond donors (Lipinski definition) is 0. The first-order chi connectivity index (χ1) is 26.6. The van der Waals surface area contributed by atoms with E-state index in [4.69, 9.17) is 18.9 Å². The molecule has 54 heavy (non-hydrogen) atoms. The minimum Gasteiger partial charge on any atom is -0.497 e. The molecule has 1 fully saturated rings. The zero-order valence-corrected chi connectivity index (χ0v) is 31.5. The average molecular weight is 746 g/mol. The number of thioether (sulfide) groups is 1. The maximum Gasteiger partial charge on any atom is 0.178 e. The van der Waals surface area contributed by atoms with Gasteiger partial charge >= 0.3 is 0 Å². The van der Waals surface area contributed by atoms with Gasteiger partial charge in [-0.1, -0.05) is 66.4 Å². The number of alkyl halides is 2. The van der Waals surface area contributed by atoms with Crippen LogP contribution in [0.4, 0.5) is 14.5 Å². The average Bonchev–Trinajstić information content (AvgIpc) is 3.81. The molecule has 0 amide bonds. The van der Waals surface area contributed by atoms with Gasteiger partial charge < -0.3 is 23.8 Å². The van der Waals surface area contributed by atoms with Crippen molar-refractivity contribution in [3.8, 4) is 28.4 Å². The zero-order chi connectivity index (χ0) is 36.7. The summed E-state index contributed by atoms with van der Waals surface area (Å²) in [7, 11) is 1.68. The summed E-state index contributed by atoms with van der Waals surface area (Å²) in [6, 6.07) is 30.1. The summed E-state index contributed by atoms with van der Waals surface area (Å²) in [5.74, 6) is 3.04. The van der Waals surface area contributed by atoms with Crippen LogP contribution in [0.3, 0.4) is 0 Å². The van der Waals surface area contributed by atoms with Crippen molar-refractivity contribution in [2.75, 3.05) is 57.6 Å². The van der Waals surface area contributed by atoms with E-state index in [1.807, 2.05) is 12.1 Å². The van der Waals surface area contributed by atoms with E-state index in [9.17, 15) is 8.78 Å². The SMILES string of the molecule is COc1ccc(C2(c3ccc(N4CCOCC4)cc3)C=Cc3c4c(c5cc6c(cc5c3O2)SCO6)-c2ccccc2C4(CCCCF)CCCCF)cc1. The van der Waals surface area contributed by atoms with Crippen LogP contribution < -0.4 is 19.1 Å². The highest BCUT2D eigenvalue weighted by Crippen LogP contribution is 2.62. The standard InChI is InChI=1S/C46H45F2NO4S/c1-50-34-16-12-32(13-17-34)46(31-10-14-33(15-11-31)49-24-26-51-27-25-49)21-18-36-43-42(37-28-40-41(54-30-52-40)29-38(37)44(36)53-46)35-8-2-3-9-39(35)45(43,19-4-6-22-47)20-5-7-23-48/h2-3,8-18,21,28-29H,4-7,19-20,22-27,30H2,1H3. The van der Waals surface area contributed by atoms with Crippen molar-refractivity contribution in [3.05, 3.63) is 119 Å². The van der Waals surface area contributed by atoms with Crippen molar-refractivity contribution in [1.29, 1.82) is 0 Å². The van der Waals surface area contributed by atoms with E-state index >= 15 is 0 Å². The molecular weight excluding hydrogens is 701 g/mol. The van der Waals surface area contributed by atoms with Crippen LogP contribution in [0.2, 0.25) is 0 Å². The molecule has 1 unspecified atom stereocenters. The van der Waals surface area contributed by atoms with Gasteiger partial charge in [0.25, 0.3) is 0 Å². The lowest BCUT2D eigenvalue weighted by atomic mass is 9.68. The summed E-state index contributed by atoms with van der Waals surface area (Å²) >= 11 is 1.70. The number of fused-ring (bicyclic) bond motifs is 9. The van der Waals surface area contributed by atoms with Gasteiger partial charge in [0.2, 0.25) is 0 Å². The maximum atomic E-state index is 13.8. The molecule has 0 N–H and O–H groups in total. The van der Waals surface area contributed by atoms with Gasteiger partial charge in [0.05, 0.1) is 38.6 Å². The van der Waals surface area contributed by atoms with Gasteiger partial charge in [-0.2, -0.15) is 0 Å². The van der Waals surface area contributed by atoms with Crippen LogP contribution in [-0.4, -0.2) is 52.7 Å². The smallest absolute Gasteiger partial charge is 0.178 e.